The van der Waals surface area contributed by atoms with Gasteiger partial charge in [0.25, 0.3) is 0 Å². The van der Waals surface area contributed by atoms with Gasteiger partial charge in [-0.15, -0.1) is 0 Å². The molecule has 2 N–H and O–H groups in total. The SMILES string of the molecule is C[O][Mo](=[O])(=[O])[O][Mo](=[O])(=[O])[O][Mo](=[O])(=[O])[O][Mo](=[O])(=[O])[O]P(=O)([O][Mo](=[O])(=[O])[O][Mo](=[O])(=[O])[O][Mo](=[O])(=[O])[O][Mo](=[O])(=[O])[OH])[O][Mo](=[O])(=[O])[O][Mo](=[O])(=[O])[O][Mo](=[O])(=[O])[O][Mo](=[O])(=[O])[OH]. The molecule has 0 amide bonds. The molecule has 326 valence electrons. The Kier molecular flexibility index (Phi) is 20.3. The number of hydrogen-bond donors (Lipinski definition) is 2. The van der Waals surface area contributed by atoms with Crippen molar-refractivity contribution in [1.29, 1.82) is 0 Å². The third kappa shape index (κ3) is 26.4. The van der Waals surface area contributed by atoms with Crippen molar-refractivity contribution in [3.05, 3.63) is 0 Å². The Hall–Kier alpha value is 3.09. The maximum atomic E-state index is 12.8. The van der Waals surface area contributed by atoms with Crippen molar-refractivity contribution < 1.29 is 326 Å². The van der Waals surface area contributed by atoms with Crippen molar-refractivity contribution in [1.82, 2.24) is 0 Å². The zero-order valence-corrected chi connectivity index (χ0v) is 47.7. The summed E-state index contributed by atoms with van der Waals surface area (Å²) >= 11 is -96.7. The first-order valence-corrected chi connectivity index (χ1v) is 50.1. The summed E-state index contributed by atoms with van der Waals surface area (Å²) in [7, 11) is -7.67. The van der Waals surface area contributed by atoms with Crippen LogP contribution in [-0.2, 0) is 318 Å². The molecular weight excluding hydrogens is 1830 g/mol. The summed E-state index contributed by atoms with van der Waals surface area (Å²) in [4.78, 5) is 0. The summed E-state index contributed by atoms with van der Waals surface area (Å²) < 4.78 is 346. The average Bonchev–Trinajstić information content (AvgIpc) is 2.66. The van der Waals surface area contributed by atoms with Gasteiger partial charge in [0.05, 0.1) is 0 Å². The number of phosphoric acid groups is 1. The number of rotatable bonds is 25. The van der Waals surface area contributed by atoms with E-state index in [1.807, 2.05) is 0 Å². The Balaban J connectivity index is 7.02. The minimum absolute atomic E-state index is 0.226. The van der Waals surface area contributed by atoms with E-state index in [2.05, 4.69) is 31.3 Å². The molecule has 0 rings (SSSR count). The second-order valence-electron chi connectivity index (χ2n) is 6.39. The van der Waals surface area contributed by atoms with Crippen LogP contribution >= 0.6 is 7.82 Å². The zero-order valence-electron chi connectivity index (χ0n) is 22.8. The molecule has 54 heavy (non-hydrogen) atoms. The minimum atomic E-state index is -8.79. The molecule has 0 aromatic carbocycles. The fourth-order valence-corrected chi connectivity index (χ4v) is 61.2. The predicted molar refractivity (Wildman–Crippen MR) is 48.5 cm³/mol. The van der Waals surface area contributed by atoms with Crippen LogP contribution in [0.25, 0.3) is 0 Å². The van der Waals surface area contributed by atoms with Gasteiger partial charge in [-0.25, -0.2) is 0 Å². The standard InChI is InChI=1S/CH3O.12Mo.H3O4P.2H2O.33O/c1-2;;;;;;;;;;;;;1-5(2,3)4;;;;;;;;;;;;;;;;;;;;;;;;;;;;;;;;;;;/h1H3;;;;;;;;;;;;;(H3,1,2,3,4);2*1H2;;;;;;;;;;;;;;;;;;;;;;;;;;;;;;;;;/q-1;;;;;;;6*+1;;;;;;;;;;;;;;;;;;;;;;;;;;;;;;;;;;;;/p-5. The Labute approximate surface area is 334 Å². The molecule has 0 aromatic heterocycles. The summed E-state index contributed by atoms with van der Waals surface area (Å²) in [6.07, 6.45) is 0. The van der Waals surface area contributed by atoms with Crippen molar-refractivity contribution in [2.75, 3.05) is 7.11 Å². The fourth-order valence-electron chi connectivity index (χ4n) is 1.43. The van der Waals surface area contributed by atoms with E-state index in [0.717, 1.165) is 0 Å². The quantitative estimate of drug-likeness (QED) is 0.0650. The molecule has 0 aliphatic rings. The van der Waals surface area contributed by atoms with Crippen molar-refractivity contribution in [3.63, 3.8) is 0 Å². The molecule has 40 nitrogen and oxygen atoms in total. The molecule has 0 aliphatic carbocycles. The zero-order chi connectivity index (χ0) is 43.7. The van der Waals surface area contributed by atoms with Crippen LogP contribution in [0.1, 0.15) is 0 Å². The summed E-state index contributed by atoms with van der Waals surface area (Å²) in [5.41, 5.74) is 0. The van der Waals surface area contributed by atoms with E-state index in [9.17, 15) is 86.1 Å². The van der Waals surface area contributed by atoms with Gasteiger partial charge in [0.2, 0.25) is 0 Å². The third-order valence-electron chi connectivity index (χ3n) is 2.26. The van der Waals surface area contributed by atoms with Crippen molar-refractivity contribution in [2.45, 2.75) is 0 Å². The first kappa shape index (κ1) is 57.1. The molecule has 0 radical (unpaired) electrons. The van der Waals surface area contributed by atoms with Crippen LogP contribution in [-0.4, -0.2) is 14.6 Å². The maximum absolute atomic E-state index is 12.8. The Morgan fingerprint density at radius 1 is 0.296 bits per heavy atom. The molecule has 0 atom stereocenters. The van der Waals surface area contributed by atoms with E-state index in [-0.39, 0.29) is 7.11 Å². The molecule has 0 aromatic rings. The van der Waals surface area contributed by atoms with Crippen LogP contribution in [0.3, 0.4) is 0 Å². The van der Waals surface area contributed by atoms with Gasteiger partial charge in [-0.3, -0.25) is 0 Å². The molecule has 0 aliphatic heterocycles. The van der Waals surface area contributed by atoms with Crippen molar-refractivity contribution >= 4 is 7.82 Å². The van der Waals surface area contributed by atoms with Gasteiger partial charge >= 0.3 is 341 Å². The van der Waals surface area contributed by atoms with Crippen LogP contribution in [0, 0.1) is 0 Å². The molecule has 0 saturated carbocycles. The van der Waals surface area contributed by atoms with Gasteiger partial charge in [0.1, 0.15) is 0 Å². The fraction of sp³-hybridized carbons (Fsp3) is 1.00. The summed E-state index contributed by atoms with van der Waals surface area (Å²) in [6.45, 7) is 0. The van der Waals surface area contributed by atoms with Crippen LogP contribution in [0.15, 0.2) is 0 Å². The van der Waals surface area contributed by atoms with Gasteiger partial charge in [0.15, 0.2) is 0 Å². The van der Waals surface area contributed by atoms with E-state index in [4.69, 9.17) is 7.52 Å². The van der Waals surface area contributed by atoms with Crippen molar-refractivity contribution in [3.8, 4) is 0 Å². The Morgan fingerprint density at radius 2 is 0.463 bits per heavy atom. The molecule has 0 fully saturated rings. The Bertz CT molecular complexity index is 2710. The van der Waals surface area contributed by atoms with E-state index in [0.29, 0.717) is 0 Å². The molecule has 0 spiro atoms. The van der Waals surface area contributed by atoms with E-state index in [1.54, 1.807) is 0 Å². The number of hydrogen-bond acceptors (Lipinski definition) is 38. The van der Waals surface area contributed by atoms with Crippen LogP contribution < -0.4 is 0 Å². The van der Waals surface area contributed by atoms with Crippen LogP contribution in [0.2, 0.25) is 0 Å². The second-order valence-corrected chi connectivity index (χ2v) is 56.9. The van der Waals surface area contributed by atoms with E-state index < -0.39 is 209 Å². The summed E-state index contributed by atoms with van der Waals surface area (Å²) in [5.74, 6) is 0. The van der Waals surface area contributed by atoms with Gasteiger partial charge in [-0.05, 0) is 0 Å². The third-order valence-corrected chi connectivity index (χ3v) is 63.6. The van der Waals surface area contributed by atoms with Crippen molar-refractivity contribution in [2.24, 2.45) is 0 Å². The van der Waals surface area contributed by atoms with Gasteiger partial charge in [-0.2, -0.15) is 0 Å². The summed E-state index contributed by atoms with van der Waals surface area (Å²) in [6, 6.07) is 0. The monoisotopic (exact) mass is 1860 g/mol. The van der Waals surface area contributed by atoms with Gasteiger partial charge in [0, 0.05) is 0 Å². The predicted octanol–water partition coefficient (Wildman–Crippen LogP) is -3.98. The first-order valence-electron chi connectivity index (χ1n) is 9.17. The van der Waals surface area contributed by atoms with Crippen LogP contribution in [0.5, 0.6) is 0 Å². The normalized spacial score (nSPS) is 15.5. The summed E-state index contributed by atoms with van der Waals surface area (Å²) in [5, 5.41) is 0. The topological polar surface area (TPSA) is 587 Å². The van der Waals surface area contributed by atoms with E-state index in [1.165, 1.54) is 0 Å². The second kappa shape index (κ2) is 19.2. The molecular formula is CH5Mo12O40P. The van der Waals surface area contributed by atoms with Crippen LogP contribution in [0.4, 0.5) is 0 Å². The average molecular weight is 1840 g/mol. The van der Waals surface area contributed by atoms with Gasteiger partial charge in [-0.1, -0.05) is 0 Å². The first-order chi connectivity index (χ1) is 23.0. The molecule has 0 heterocycles. The van der Waals surface area contributed by atoms with Gasteiger partial charge < -0.3 is 0 Å². The molecule has 0 bridgehead atoms. The molecule has 0 saturated heterocycles. The Morgan fingerprint density at radius 3 is 0.648 bits per heavy atom. The molecule has 0 unspecified atom stereocenters. The molecule has 53 heteroatoms. The van der Waals surface area contributed by atoms with E-state index >= 15 is 0 Å².